The number of aliphatic hydroxyl groups is 1. The minimum atomic E-state index is -0.957. The Morgan fingerprint density at radius 1 is 1.47 bits per heavy atom. The van der Waals surface area contributed by atoms with Crippen molar-refractivity contribution in [1.82, 2.24) is 5.32 Å². The SMILES string of the molecule is CC1CCC2C(C)(C)C2(N[C@@H](CO)C(=O)O)C1. The molecule has 4 nitrogen and oxygen atoms in total. The second-order valence-corrected chi connectivity index (χ2v) is 6.35. The predicted octanol–water partition coefficient (Wildman–Crippen LogP) is 1.24. The molecule has 0 aliphatic heterocycles. The molecule has 0 bridgehead atoms. The first-order valence-corrected chi connectivity index (χ1v) is 6.46. The number of carbonyl (C=O) groups is 1. The Balaban J connectivity index is 2.15. The molecule has 0 aromatic heterocycles. The molecule has 2 rings (SSSR count). The van der Waals surface area contributed by atoms with Gasteiger partial charge in [-0.1, -0.05) is 27.2 Å². The van der Waals surface area contributed by atoms with E-state index in [1.165, 1.54) is 12.8 Å². The third-order valence-electron chi connectivity index (χ3n) is 5.06. The summed E-state index contributed by atoms with van der Waals surface area (Å²) in [6.07, 6.45) is 3.42. The first-order chi connectivity index (χ1) is 7.85. The number of hydrogen-bond donors (Lipinski definition) is 3. The van der Waals surface area contributed by atoms with Crippen molar-refractivity contribution in [1.29, 1.82) is 0 Å². The van der Waals surface area contributed by atoms with Crippen LogP contribution in [0.25, 0.3) is 0 Å². The van der Waals surface area contributed by atoms with Gasteiger partial charge in [-0.25, -0.2) is 0 Å². The zero-order valence-corrected chi connectivity index (χ0v) is 10.9. The van der Waals surface area contributed by atoms with Crippen LogP contribution in [0.15, 0.2) is 0 Å². The molecule has 2 fully saturated rings. The van der Waals surface area contributed by atoms with Crippen LogP contribution in [-0.4, -0.2) is 34.4 Å². The van der Waals surface area contributed by atoms with Crippen molar-refractivity contribution in [3.63, 3.8) is 0 Å². The van der Waals surface area contributed by atoms with E-state index in [1.807, 2.05) is 0 Å². The van der Waals surface area contributed by atoms with Crippen LogP contribution in [0.5, 0.6) is 0 Å². The quantitative estimate of drug-likeness (QED) is 0.692. The summed E-state index contributed by atoms with van der Waals surface area (Å²) in [6.45, 7) is 6.30. The number of aliphatic carboxylic acids is 1. The average molecular weight is 241 g/mol. The fourth-order valence-electron chi connectivity index (χ4n) is 3.92. The Labute approximate surface area is 102 Å². The van der Waals surface area contributed by atoms with Gasteiger partial charge in [-0.05, 0) is 30.1 Å². The Morgan fingerprint density at radius 3 is 2.65 bits per heavy atom. The monoisotopic (exact) mass is 241 g/mol. The molecular formula is C13H23NO3. The first-order valence-electron chi connectivity index (χ1n) is 6.46. The highest BCUT2D eigenvalue weighted by Crippen LogP contribution is 2.68. The summed E-state index contributed by atoms with van der Waals surface area (Å²) in [5.41, 5.74) is 0.0804. The van der Waals surface area contributed by atoms with Crippen LogP contribution in [-0.2, 0) is 4.79 Å². The van der Waals surface area contributed by atoms with Crippen LogP contribution in [0.3, 0.4) is 0 Å². The predicted molar refractivity (Wildman–Crippen MR) is 64.7 cm³/mol. The summed E-state index contributed by atoms with van der Waals surface area (Å²) in [6, 6.07) is -0.829. The summed E-state index contributed by atoms with van der Waals surface area (Å²) < 4.78 is 0. The smallest absolute Gasteiger partial charge is 0.323 e. The third-order valence-corrected chi connectivity index (χ3v) is 5.06. The molecule has 0 heterocycles. The number of carboxylic acids is 1. The molecule has 0 spiro atoms. The highest BCUT2D eigenvalue weighted by Gasteiger charge is 2.72. The number of nitrogens with one attached hydrogen (secondary N) is 1. The largest absolute Gasteiger partial charge is 0.480 e. The lowest BCUT2D eigenvalue weighted by molar-refractivity contribution is -0.141. The lowest BCUT2D eigenvalue weighted by atomic mass is 9.86. The number of rotatable bonds is 4. The Morgan fingerprint density at radius 2 is 2.12 bits per heavy atom. The molecule has 98 valence electrons. The van der Waals surface area contributed by atoms with Gasteiger partial charge in [0.1, 0.15) is 6.04 Å². The third kappa shape index (κ3) is 1.78. The summed E-state index contributed by atoms with van der Waals surface area (Å²) in [5.74, 6) is 0.231. The van der Waals surface area contributed by atoms with Gasteiger partial charge in [0.15, 0.2) is 0 Å². The summed E-state index contributed by atoms with van der Waals surface area (Å²) in [5, 5.41) is 21.4. The average Bonchev–Trinajstić information content (AvgIpc) is 2.71. The van der Waals surface area contributed by atoms with E-state index < -0.39 is 12.0 Å². The second-order valence-electron chi connectivity index (χ2n) is 6.35. The van der Waals surface area contributed by atoms with E-state index in [4.69, 9.17) is 10.2 Å². The van der Waals surface area contributed by atoms with Crippen molar-refractivity contribution in [3.05, 3.63) is 0 Å². The highest BCUT2D eigenvalue weighted by atomic mass is 16.4. The van der Waals surface area contributed by atoms with E-state index in [0.29, 0.717) is 11.8 Å². The van der Waals surface area contributed by atoms with Crippen LogP contribution in [0.4, 0.5) is 0 Å². The molecule has 17 heavy (non-hydrogen) atoms. The van der Waals surface area contributed by atoms with Gasteiger partial charge < -0.3 is 10.2 Å². The van der Waals surface area contributed by atoms with Gasteiger partial charge in [-0.2, -0.15) is 0 Å². The Hall–Kier alpha value is -0.610. The molecule has 2 aliphatic carbocycles. The van der Waals surface area contributed by atoms with Crippen LogP contribution in [0.2, 0.25) is 0 Å². The second kappa shape index (κ2) is 3.95. The van der Waals surface area contributed by atoms with Crippen molar-refractivity contribution in [2.75, 3.05) is 6.61 Å². The molecule has 4 heteroatoms. The standard InChI is InChI=1S/C13H23NO3/c1-8-4-5-10-12(2,3)13(10,6-8)14-9(7-15)11(16)17/h8-10,14-15H,4-7H2,1-3H3,(H,16,17)/t8?,9-,10?,13?/m0/s1. The molecule has 3 N–H and O–H groups in total. The van der Waals surface area contributed by atoms with Gasteiger partial charge in [-0.3, -0.25) is 10.1 Å². The van der Waals surface area contributed by atoms with E-state index >= 15 is 0 Å². The lowest BCUT2D eigenvalue weighted by Crippen LogP contribution is -2.51. The maximum Gasteiger partial charge on any atom is 0.323 e. The fourth-order valence-corrected chi connectivity index (χ4v) is 3.92. The Kier molecular flexibility index (Phi) is 2.99. The van der Waals surface area contributed by atoms with Gasteiger partial charge >= 0.3 is 5.97 Å². The van der Waals surface area contributed by atoms with Crippen molar-refractivity contribution >= 4 is 5.97 Å². The lowest BCUT2D eigenvalue weighted by Gasteiger charge is -2.31. The molecule has 4 atom stereocenters. The summed E-state index contributed by atoms with van der Waals surface area (Å²) in [4.78, 5) is 11.0. The number of fused-ring (bicyclic) bond motifs is 1. The molecule has 0 radical (unpaired) electrons. The topological polar surface area (TPSA) is 69.6 Å². The van der Waals surface area contributed by atoms with Crippen LogP contribution >= 0.6 is 0 Å². The summed E-state index contributed by atoms with van der Waals surface area (Å²) in [7, 11) is 0. The van der Waals surface area contributed by atoms with E-state index in [9.17, 15) is 4.79 Å². The van der Waals surface area contributed by atoms with Crippen LogP contribution < -0.4 is 5.32 Å². The minimum Gasteiger partial charge on any atom is -0.480 e. The molecule has 0 aromatic rings. The van der Waals surface area contributed by atoms with Gasteiger partial charge in [0, 0.05) is 5.54 Å². The van der Waals surface area contributed by atoms with Crippen LogP contribution in [0, 0.1) is 17.3 Å². The zero-order valence-electron chi connectivity index (χ0n) is 10.9. The molecule has 0 amide bonds. The number of carboxylic acid groups (broad SMARTS) is 1. The van der Waals surface area contributed by atoms with Gasteiger partial charge in [0.25, 0.3) is 0 Å². The summed E-state index contributed by atoms with van der Waals surface area (Å²) >= 11 is 0. The maximum atomic E-state index is 11.0. The van der Waals surface area contributed by atoms with Crippen molar-refractivity contribution in [2.45, 2.75) is 51.6 Å². The van der Waals surface area contributed by atoms with E-state index in [0.717, 1.165) is 6.42 Å². The van der Waals surface area contributed by atoms with Gasteiger partial charge in [0.2, 0.25) is 0 Å². The molecule has 0 saturated heterocycles. The minimum absolute atomic E-state index is 0.0730. The van der Waals surface area contributed by atoms with Crippen molar-refractivity contribution in [2.24, 2.45) is 17.3 Å². The molecule has 3 unspecified atom stereocenters. The number of hydrogen-bond acceptors (Lipinski definition) is 3. The van der Waals surface area contributed by atoms with E-state index in [-0.39, 0.29) is 17.6 Å². The molecule has 0 aromatic carbocycles. The normalized spacial score (nSPS) is 40.5. The van der Waals surface area contributed by atoms with Gasteiger partial charge in [-0.15, -0.1) is 0 Å². The van der Waals surface area contributed by atoms with E-state index in [1.54, 1.807) is 0 Å². The van der Waals surface area contributed by atoms with Crippen molar-refractivity contribution < 1.29 is 15.0 Å². The van der Waals surface area contributed by atoms with Crippen LogP contribution in [0.1, 0.15) is 40.0 Å². The zero-order chi connectivity index (χ0) is 12.8. The number of aliphatic hydroxyl groups excluding tert-OH is 1. The Bertz CT molecular complexity index is 329. The van der Waals surface area contributed by atoms with Gasteiger partial charge in [0.05, 0.1) is 6.61 Å². The molecular weight excluding hydrogens is 218 g/mol. The molecule has 2 saturated carbocycles. The highest BCUT2D eigenvalue weighted by molar-refractivity contribution is 5.74. The van der Waals surface area contributed by atoms with Crippen molar-refractivity contribution in [3.8, 4) is 0 Å². The fraction of sp³-hybridized carbons (Fsp3) is 0.923. The first kappa shape index (κ1) is 12.8. The molecule has 2 aliphatic rings. The maximum absolute atomic E-state index is 11.0. The van der Waals surface area contributed by atoms with E-state index in [2.05, 4.69) is 26.1 Å².